The molecule has 0 fully saturated rings. The summed E-state index contributed by atoms with van der Waals surface area (Å²) in [7, 11) is 1.30. The predicted molar refractivity (Wildman–Crippen MR) is 64.5 cm³/mol. The Kier molecular flexibility index (Phi) is 6.16. The number of ether oxygens (including phenoxy) is 2. The number of esters is 2. The van der Waals surface area contributed by atoms with E-state index in [1.54, 1.807) is 20.8 Å². The zero-order valence-electron chi connectivity index (χ0n) is 11.5. The number of carbonyl (C=O) groups is 2. The van der Waals surface area contributed by atoms with Crippen molar-refractivity contribution in [2.45, 2.75) is 58.7 Å². The topological polar surface area (TPSA) is 64.6 Å². The molecule has 5 heteroatoms. The van der Waals surface area contributed by atoms with Crippen LogP contribution >= 0.6 is 0 Å². The second-order valence-electron chi connectivity index (χ2n) is 5.19. The van der Waals surface area contributed by atoms with Gasteiger partial charge in [-0.25, -0.2) is 0 Å². The Labute approximate surface area is 103 Å². The third-order valence-electron chi connectivity index (χ3n) is 1.81. The summed E-state index contributed by atoms with van der Waals surface area (Å²) in [6.07, 6.45) is -0.0257. The summed E-state index contributed by atoms with van der Waals surface area (Å²) in [6, 6.07) is -0.573. The largest absolute Gasteiger partial charge is 0.468 e. The molecule has 0 aliphatic carbocycles. The average molecular weight is 245 g/mol. The maximum absolute atomic E-state index is 11.6. The van der Waals surface area contributed by atoms with Gasteiger partial charge >= 0.3 is 11.9 Å². The van der Waals surface area contributed by atoms with E-state index >= 15 is 0 Å². The van der Waals surface area contributed by atoms with Crippen LogP contribution in [0, 0.1) is 0 Å². The number of hydrogen-bond acceptors (Lipinski definition) is 5. The lowest BCUT2D eigenvalue weighted by molar-refractivity contribution is -0.159. The van der Waals surface area contributed by atoms with Crippen molar-refractivity contribution in [1.29, 1.82) is 0 Å². The summed E-state index contributed by atoms with van der Waals surface area (Å²) < 4.78 is 9.79. The van der Waals surface area contributed by atoms with Crippen molar-refractivity contribution in [1.82, 2.24) is 5.32 Å². The van der Waals surface area contributed by atoms with Crippen LogP contribution in [0.1, 0.15) is 41.0 Å². The van der Waals surface area contributed by atoms with Crippen molar-refractivity contribution in [3.63, 3.8) is 0 Å². The first-order valence-corrected chi connectivity index (χ1v) is 5.71. The van der Waals surface area contributed by atoms with Crippen LogP contribution in [0.25, 0.3) is 0 Å². The molecule has 0 radical (unpaired) electrons. The SMILES string of the molecule is COC(=O)C(CC(=O)OC(C)(C)C)NC(C)C. The molecule has 5 nitrogen and oxygen atoms in total. The van der Waals surface area contributed by atoms with Crippen molar-refractivity contribution >= 4 is 11.9 Å². The first-order valence-electron chi connectivity index (χ1n) is 5.71. The molecular formula is C12H23NO4. The Balaban J connectivity index is 4.43. The van der Waals surface area contributed by atoms with Crippen molar-refractivity contribution in [2.75, 3.05) is 7.11 Å². The van der Waals surface area contributed by atoms with Gasteiger partial charge in [-0.2, -0.15) is 0 Å². The third-order valence-corrected chi connectivity index (χ3v) is 1.81. The summed E-state index contributed by atoms with van der Waals surface area (Å²) in [5.41, 5.74) is -0.546. The number of rotatable bonds is 5. The first-order chi connectivity index (χ1) is 7.65. The van der Waals surface area contributed by atoms with E-state index in [0.717, 1.165) is 0 Å². The molecule has 0 rings (SSSR count). The fraction of sp³-hybridized carbons (Fsp3) is 0.833. The quantitative estimate of drug-likeness (QED) is 0.739. The molecule has 0 aromatic heterocycles. The maximum Gasteiger partial charge on any atom is 0.323 e. The smallest absolute Gasteiger partial charge is 0.323 e. The number of methoxy groups -OCH3 is 1. The van der Waals surface area contributed by atoms with E-state index < -0.39 is 23.6 Å². The van der Waals surface area contributed by atoms with E-state index in [1.807, 2.05) is 13.8 Å². The van der Waals surface area contributed by atoms with Crippen LogP contribution in [0.2, 0.25) is 0 Å². The van der Waals surface area contributed by atoms with E-state index in [-0.39, 0.29) is 12.5 Å². The van der Waals surface area contributed by atoms with Gasteiger partial charge in [0.15, 0.2) is 0 Å². The minimum Gasteiger partial charge on any atom is -0.468 e. The molecule has 1 unspecified atom stereocenters. The van der Waals surface area contributed by atoms with E-state index in [0.29, 0.717) is 0 Å². The average Bonchev–Trinajstić information content (AvgIpc) is 2.11. The standard InChI is InChI=1S/C12H23NO4/c1-8(2)13-9(11(15)16-6)7-10(14)17-12(3,4)5/h8-9,13H,7H2,1-6H3. The van der Waals surface area contributed by atoms with E-state index in [9.17, 15) is 9.59 Å². The number of nitrogens with one attached hydrogen (secondary N) is 1. The highest BCUT2D eigenvalue weighted by molar-refractivity contribution is 5.82. The molecule has 0 aromatic carbocycles. The van der Waals surface area contributed by atoms with Crippen molar-refractivity contribution < 1.29 is 19.1 Å². The molecule has 0 heterocycles. The van der Waals surface area contributed by atoms with Crippen LogP contribution in [0.5, 0.6) is 0 Å². The molecule has 0 spiro atoms. The molecule has 0 aliphatic rings. The van der Waals surface area contributed by atoms with Crippen LogP contribution in [0.4, 0.5) is 0 Å². The van der Waals surface area contributed by atoms with Crippen LogP contribution in [0.15, 0.2) is 0 Å². The Bertz CT molecular complexity index is 268. The van der Waals surface area contributed by atoms with Gasteiger partial charge in [0.1, 0.15) is 11.6 Å². The molecule has 0 saturated heterocycles. The van der Waals surface area contributed by atoms with Gasteiger partial charge in [-0.1, -0.05) is 13.8 Å². The van der Waals surface area contributed by atoms with Gasteiger partial charge < -0.3 is 14.8 Å². The molecule has 17 heavy (non-hydrogen) atoms. The van der Waals surface area contributed by atoms with Crippen LogP contribution in [0.3, 0.4) is 0 Å². The lowest BCUT2D eigenvalue weighted by Gasteiger charge is -2.22. The van der Waals surface area contributed by atoms with Gasteiger partial charge in [-0.15, -0.1) is 0 Å². The molecule has 0 aromatic rings. The van der Waals surface area contributed by atoms with Gasteiger partial charge in [0.05, 0.1) is 13.5 Å². The second kappa shape index (κ2) is 6.59. The highest BCUT2D eigenvalue weighted by Gasteiger charge is 2.26. The fourth-order valence-corrected chi connectivity index (χ4v) is 1.30. The second-order valence-corrected chi connectivity index (χ2v) is 5.19. The Hall–Kier alpha value is -1.10. The summed E-state index contributed by atoms with van der Waals surface area (Å²) in [6.45, 7) is 9.14. The summed E-state index contributed by atoms with van der Waals surface area (Å²) >= 11 is 0. The van der Waals surface area contributed by atoms with E-state index in [1.165, 1.54) is 7.11 Å². The van der Waals surface area contributed by atoms with E-state index in [4.69, 9.17) is 4.74 Å². The Morgan fingerprint density at radius 1 is 1.24 bits per heavy atom. The minimum atomic E-state index is -0.658. The molecule has 100 valence electrons. The molecule has 1 N–H and O–H groups in total. The highest BCUT2D eigenvalue weighted by Crippen LogP contribution is 2.10. The van der Waals surface area contributed by atoms with Crippen LogP contribution in [-0.4, -0.2) is 36.7 Å². The number of carbonyl (C=O) groups excluding carboxylic acids is 2. The monoisotopic (exact) mass is 245 g/mol. The first kappa shape index (κ1) is 15.9. The maximum atomic E-state index is 11.6. The van der Waals surface area contributed by atoms with Crippen LogP contribution in [-0.2, 0) is 19.1 Å². The summed E-state index contributed by atoms with van der Waals surface area (Å²) in [4.78, 5) is 23.1. The zero-order chi connectivity index (χ0) is 13.6. The lowest BCUT2D eigenvalue weighted by Crippen LogP contribution is -2.43. The predicted octanol–water partition coefficient (Wildman–Crippen LogP) is 1.26. The van der Waals surface area contributed by atoms with Gasteiger partial charge in [0, 0.05) is 6.04 Å². The normalized spacial score (nSPS) is 13.4. The van der Waals surface area contributed by atoms with E-state index in [2.05, 4.69) is 10.1 Å². The zero-order valence-corrected chi connectivity index (χ0v) is 11.5. The molecule has 0 aliphatic heterocycles. The Morgan fingerprint density at radius 2 is 1.76 bits per heavy atom. The summed E-state index contributed by atoms with van der Waals surface area (Å²) in [5.74, 6) is -0.870. The minimum absolute atomic E-state index is 0.0257. The summed E-state index contributed by atoms with van der Waals surface area (Å²) in [5, 5.41) is 2.97. The van der Waals surface area contributed by atoms with Gasteiger partial charge in [0.25, 0.3) is 0 Å². The Morgan fingerprint density at radius 3 is 2.12 bits per heavy atom. The van der Waals surface area contributed by atoms with Gasteiger partial charge in [0.2, 0.25) is 0 Å². The van der Waals surface area contributed by atoms with Crippen LogP contribution < -0.4 is 5.32 Å². The molecule has 0 saturated carbocycles. The van der Waals surface area contributed by atoms with Crippen molar-refractivity contribution in [2.24, 2.45) is 0 Å². The fourth-order valence-electron chi connectivity index (χ4n) is 1.30. The molecule has 0 amide bonds. The lowest BCUT2D eigenvalue weighted by atomic mass is 10.1. The molecular weight excluding hydrogens is 222 g/mol. The number of hydrogen-bond donors (Lipinski definition) is 1. The highest BCUT2D eigenvalue weighted by atomic mass is 16.6. The van der Waals surface area contributed by atoms with Gasteiger partial charge in [-0.3, -0.25) is 9.59 Å². The van der Waals surface area contributed by atoms with Crippen molar-refractivity contribution in [3.8, 4) is 0 Å². The van der Waals surface area contributed by atoms with Crippen molar-refractivity contribution in [3.05, 3.63) is 0 Å². The van der Waals surface area contributed by atoms with Gasteiger partial charge in [-0.05, 0) is 20.8 Å². The third kappa shape index (κ3) is 7.74. The molecule has 1 atom stereocenters. The molecule has 0 bridgehead atoms.